The second kappa shape index (κ2) is 9.62. The largest absolute Gasteiger partial charge is 0.325 e. The van der Waals surface area contributed by atoms with E-state index in [0.29, 0.717) is 11.6 Å². The fourth-order valence-corrected chi connectivity index (χ4v) is 4.15. The number of amides is 1. The van der Waals surface area contributed by atoms with Gasteiger partial charge in [-0.25, -0.2) is 0 Å². The van der Waals surface area contributed by atoms with Crippen molar-refractivity contribution < 1.29 is 4.79 Å². The van der Waals surface area contributed by atoms with Gasteiger partial charge in [-0.2, -0.15) is 0 Å². The number of carbonyl (C=O) groups is 1. The summed E-state index contributed by atoms with van der Waals surface area (Å²) < 4.78 is 2.04. The normalized spacial score (nSPS) is 11.8. The number of aromatic nitrogens is 3. The van der Waals surface area contributed by atoms with Gasteiger partial charge >= 0.3 is 0 Å². The molecule has 1 unspecified atom stereocenters. The molecule has 0 bridgehead atoms. The highest BCUT2D eigenvalue weighted by molar-refractivity contribution is 8.00. The van der Waals surface area contributed by atoms with Crippen LogP contribution in [0.5, 0.6) is 0 Å². The summed E-state index contributed by atoms with van der Waals surface area (Å²) in [4.78, 5) is 12.8. The zero-order valence-electron chi connectivity index (χ0n) is 17.5. The number of thioether (sulfide) groups is 1. The monoisotopic (exact) mass is 428 g/mol. The number of nitrogens with zero attached hydrogens (tertiary/aromatic N) is 3. The Morgan fingerprint density at radius 3 is 2.29 bits per heavy atom. The number of hydrogen-bond acceptors (Lipinski definition) is 4. The van der Waals surface area contributed by atoms with Gasteiger partial charge in [-0.3, -0.25) is 9.36 Å². The van der Waals surface area contributed by atoms with Crippen molar-refractivity contribution in [2.24, 2.45) is 0 Å². The van der Waals surface area contributed by atoms with Gasteiger partial charge in [0.25, 0.3) is 0 Å². The Morgan fingerprint density at radius 2 is 1.58 bits per heavy atom. The van der Waals surface area contributed by atoms with Crippen molar-refractivity contribution in [1.29, 1.82) is 0 Å². The highest BCUT2D eigenvalue weighted by Gasteiger charge is 2.21. The maximum Gasteiger partial charge on any atom is 0.237 e. The van der Waals surface area contributed by atoms with Crippen molar-refractivity contribution in [3.8, 4) is 5.69 Å². The van der Waals surface area contributed by atoms with Crippen molar-refractivity contribution in [1.82, 2.24) is 14.8 Å². The number of nitrogens with one attached hydrogen (secondary N) is 1. The van der Waals surface area contributed by atoms with Crippen LogP contribution in [0.1, 0.15) is 23.9 Å². The second-order valence-electron chi connectivity index (χ2n) is 7.30. The van der Waals surface area contributed by atoms with Crippen molar-refractivity contribution in [3.63, 3.8) is 0 Å². The molecule has 156 valence electrons. The van der Waals surface area contributed by atoms with Crippen LogP contribution in [0, 0.1) is 6.92 Å². The van der Waals surface area contributed by atoms with Gasteiger partial charge in [0.05, 0.1) is 5.25 Å². The number of hydrogen-bond donors (Lipinski definition) is 1. The summed E-state index contributed by atoms with van der Waals surface area (Å²) in [7, 11) is 0. The number of aryl methyl sites for hydroxylation is 1. The third-order valence-corrected chi connectivity index (χ3v) is 6.02. The molecule has 31 heavy (non-hydrogen) atoms. The smallest absolute Gasteiger partial charge is 0.237 e. The standard InChI is InChI=1S/C25H24N4OS/c1-18-11-9-10-16-22(18)26-24(30)19(2)31-25-28-27-23(17-20-12-5-3-6-13-20)29(25)21-14-7-4-8-15-21/h3-16,19H,17H2,1-2H3,(H,26,30). The van der Waals surface area contributed by atoms with E-state index in [-0.39, 0.29) is 11.2 Å². The van der Waals surface area contributed by atoms with Gasteiger partial charge in [-0.15, -0.1) is 10.2 Å². The average Bonchev–Trinajstić information content (AvgIpc) is 3.18. The van der Waals surface area contributed by atoms with E-state index >= 15 is 0 Å². The molecule has 4 aromatic rings. The van der Waals surface area contributed by atoms with Crippen LogP contribution in [0.3, 0.4) is 0 Å². The number of anilines is 1. The lowest BCUT2D eigenvalue weighted by molar-refractivity contribution is -0.115. The molecule has 6 heteroatoms. The van der Waals surface area contributed by atoms with Gasteiger partial charge in [0, 0.05) is 17.8 Å². The summed E-state index contributed by atoms with van der Waals surface area (Å²) in [6.45, 7) is 3.87. The highest BCUT2D eigenvalue weighted by Crippen LogP contribution is 2.27. The molecule has 1 N–H and O–H groups in total. The van der Waals surface area contributed by atoms with Crippen molar-refractivity contribution in [2.75, 3.05) is 5.32 Å². The van der Waals surface area contributed by atoms with E-state index in [1.165, 1.54) is 11.8 Å². The Bertz CT molecular complexity index is 1160. The van der Waals surface area contributed by atoms with Crippen LogP contribution >= 0.6 is 11.8 Å². The maximum absolute atomic E-state index is 12.8. The second-order valence-corrected chi connectivity index (χ2v) is 8.60. The molecular weight excluding hydrogens is 404 g/mol. The predicted molar refractivity (Wildman–Crippen MR) is 126 cm³/mol. The Balaban J connectivity index is 1.59. The predicted octanol–water partition coefficient (Wildman–Crippen LogP) is 5.29. The Hall–Kier alpha value is -3.38. The Labute approximate surface area is 186 Å². The molecule has 1 aromatic heterocycles. The molecule has 5 nitrogen and oxygen atoms in total. The minimum atomic E-state index is -0.337. The molecule has 1 amide bonds. The summed E-state index contributed by atoms with van der Waals surface area (Å²) in [6, 6.07) is 28.0. The fraction of sp³-hybridized carbons (Fsp3) is 0.160. The molecule has 0 aliphatic carbocycles. The molecule has 0 aliphatic rings. The summed E-state index contributed by atoms with van der Waals surface area (Å²) in [5.41, 5.74) is 4.00. The molecule has 0 saturated heterocycles. The minimum Gasteiger partial charge on any atom is -0.325 e. The molecular formula is C25H24N4OS. The Kier molecular flexibility index (Phi) is 6.48. The van der Waals surface area contributed by atoms with E-state index < -0.39 is 0 Å². The number of benzene rings is 3. The van der Waals surface area contributed by atoms with E-state index in [1.54, 1.807) is 0 Å². The van der Waals surface area contributed by atoms with Gasteiger partial charge in [-0.05, 0) is 43.2 Å². The van der Waals surface area contributed by atoms with Gasteiger partial charge in [0.1, 0.15) is 5.82 Å². The lowest BCUT2D eigenvalue weighted by atomic mass is 10.1. The topological polar surface area (TPSA) is 59.8 Å². The fourth-order valence-electron chi connectivity index (χ4n) is 3.27. The van der Waals surface area contributed by atoms with Gasteiger partial charge < -0.3 is 5.32 Å². The number of rotatable bonds is 7. The molecule has 0 spiro atoms. The van der Waals surface area contributed by atoms with Crippen molar-refractivity contribution in [3.05, 3.63) is 102 Å². The molecule has 1 atom stereocenters. The minimum absolute atomic E-state index is 0.0634. The van der Waals surface area contributed by atoms with Gasteiger partial charge in [-0.1, -0.05) is 78.5 Å². The van der Waals surface area contributed by atoms with Crippen molar-refractivity contribution in [2.45, 2.75) is 30.7 Å². The van der Waals surface area contributed by atoms with E-state index in [0.717, 1.165) is 28.3 Å². The van der Waals surface area contributed by atoms with Crippen LogP contribution in [-0.4, -0.2) is 25.9 Å². The first kappa shape index (κ1) is 20.9. The van der Waals surface area contributed by atoms with Gasteiger partial charge in [0.15, 0.2) is 5.16 Å². The summed E-state index contributed by atoms with van der Waals surface area (Å²) >= 11 is 1.41. The third-order valence-electron chi connectivity index (χ3n) is 4.97. The molecule has 3 aromatic carbocycles. The number of carbonyl (C=O) groups excluding carboxylic acids is 1. The van der Waals surface area contributed by atoms with Gasteiger partial charge in [0.2, 0.25) is 5.91 Å². The average molecular weight is 429 g/mol. The zero-order chi connectivity index (χ0) is 21.6. The summed E-state index contributed by atoms with van der Waals surface area (Å²) in [5.74, 6) is 0.776. The van der Waals surface area contributed by atoms with Crippen LogP contribution in [0.25, 0.3) is 5.69 Å². The number of para-hydroxylation sites is 2. The first-order chi connectivity index (χ1) is 15.1. The van der Waals surface area contributed by atoms with E-state index in [2.05, 4.69) is 27.6 Å². The van der Waals surface area contributed by atoms with E-state index in [1.807, 2.05) is 91.2 Å². The van der Waals surface area contributed by atoms with Crippen LogP contribution in [-0.2, 0) is 11.2 Å². The lowest BCUT2D eigenvalue weighted by Gasteiger charge is -2.15. The Morgan fingerprint density at radius 1 is 0.935 bits per heavy atom. The molecule has 0 radical (unpaired) electrons. The van der Waals surface area contributed by atoms with Crippen LogP contribution < -0.4 is 5.32 Å². The zero-order valence-corrected chi connectivity index (χ0v) is 18.3. The third kappa shape index (κ3) is 5.03. The SMILES string of the molecule is Cc1ccccc1NC(=O)C(C)Sc1nnc(Cc2ccccc2)n1-c1ccccc1. The van der Waals surface area contributed by atoms with E-state index in [9.17, 15) is 4.79 Å². The lowest BCUT2D eigenvalue weighted by Crippen LogP contribution is -2.23. The van der Waals surface area contributed by atoms with E-state index in [4.69, 9.17) is 0 Å². The van der Waals surface area contributed by atoms with Crippen LogP contribution in [0.15, 0.2) is 90.1 Å². The molecule has 0 saturated carbocycles. The first-order valence-corrected chi connectivity index (χ1v) is 11.1. The van der Waals surface area contributed by atoms with Crippen LogP contribution in [0.4, 0.5) is 5.69 Å². The summed E-state index contributed by atoms with van der Waals surface area (Å²) in [5, 5.41) is 12.3. The first-order valence-electron chi connectivity index (χ1n) is 10.2. The molecule has 0 aliphatic heterocycles. The molecule has 4 rings (SSSR count). The summed E-state index contributed by atoms with van der Waals surface area (Å²) in [6.07, 6.45) is 0.660. The molecule has 1 heterocycles. The van der Waals surface area contributed by atoms with Crippen LogP contribution in [0.2, 0.25) is 0 Å². The quantitative estimate of drug-likeness (QED) is 0.407. The van der Waals surface area contributed by atoms with Crippen molar-refractivity contribution >= 4 is 23.4 Å². The molecule has 0 fully saturated rings. The highest BCUT2D eigenvalue weighted by atomic mass is 32.2. The maximum atomic E-state index is 12.8.